The number of nitrogens with one attached hydrogen (secondary N) is 1. The first-order valence-electron chi connectivity index (χ1n) is 9.83. The average Bonchev–Trinajstić information content (AvgIpc) is 3.39. The van der Waals surface area contributed by atoms with Crippen molar-refractivity contribution >= 4 is 29.7 Å². The first kappa shape index (κ1) is 20.8. The third-order valence-electron chi connectivity index (χ3n) is 4.83. The molecule has 0 fully saturated rings. The lowest BCUT2D eigenvalue weighted by atomic mass is 9.96. The number of aromatic nitrogens is 5. The van der Waals surface area contributed by atoms with Crippen LogP contribution in [-0.4, -0.2) is 37.4 Å². The Morgan fingerprint density at radius 1 is 1.35 bits per heavy atom. The first-order valence-corrected chi connectivity index (χ1v) is 10.8. The van der Waals surface area contributed by atoms with Crippen molar-refractivity contribution in [2.45, 2.75) is 36.8 Å². The number of carbonyl (C=O) groups excluding carboxylic acids is 1. The van der Waals surface area contributed by atoms with Gasteiger partial charge < -0.3 is 5.73 Å². The summed E-state index contributed by atoms with van der Waals surface area (Å²) in [4.78, 5) is 13.8. The second-order valence-corrected chi connectivity index (χ2v) is 8.18. The molecule has 0 saturated carbocycles. The Morgan fingerprint density at radius 3 is 2.90 bits per heavy atom. The molecule has 0 unspecified atom stereocenters. The maximum atomic E-state index is 12.8. The number of hydrogen-bond donors (Lipinski definition) is 2. The lowest BCUT2D eigenvalue weighted by molar-refractivity contribution is 0.0949. The van der Waals surface area contributed by atoms with E-state index in [2.05, 4.69) is 47.9 Å². The van der Waals surface area contributed by atoms with Gasteiger partial charge in [0, 0.05) is 16.9 Å². The van der Waals surface area contributed by atoms with Crippen molar-refractivity contribution in [3.63, 3.8) is 0 Å². The predicted octanol–water partition coefficient (Wildman–Crippen LogP) is 2.91. The summed E-state index contributed by atoms with van der Waals surface area (Å²) in [5.74, 6) is 0.509. The Bertz CT molecular complexity index is 1100. The lowest BCUT2D eigenvalue weighted by Crippen LogP contribution is -2.21. The number of hydrogen-bond acceptors (Lipinski definition) is 9. The van der Waals surface area contributed by atoms with Gasteiger partial charge in [0.1, 0.15) is 0 Å². The Hall–Kier alpha value is -3.47. The molecule has 160 valence electrons. The van der Waals surface area contributed by atoms with Gasteiger partial charge in [-0.3, -0.25) is 4.79 Å². The molecule has 2 heterocycles. The van der Waals surface area contributed by atoms with Gasteiger partial charge in [-0.15, -0.1) is 16.9 Å². The van der Waals surface area contributed by atoms with Crippen LogP contribution in [-0.2, 0) is 5.75 Å². The van der Waals surface area contributed by atoms with Crippen LogP contribution in [0.1, 0.15) is 41.0 Å². The van der Waals surface area contributed by atoms with Crippen molar-refractivity contribution in [3.05, 3.63) is 53.4 Å². The number of benzene rings is 1. The van der Waals surface area contributed by atoms with Gasteiger partial charge in [0.25, 0.3) is 5.91 Å². The number of anilines is 1. The van der Waals surface area contributed by atoms with Gasteiger partial charge in [0.2, 0.25) is 11.6 Å². The SMILES string of the molecule is Cc1ccc(SCc2c(C(=O)N/N=C\[C@@H]3CC=CCC3)nnn2-c2nonc2N)cc1. The standard InChI is InChI=1S/C20H22N8O2S/c1-13-7-9-15(10-8-13)31-12-16-17(23-27-28(16)19-18(21)25-30-26-19)20(29)24-22-11-14-5-3-2-4-6-14/h2-3,7-11,14H,4-6,12H2,1H3,(H2,21,25)(H,24,29)/b22-11-/t14-/m1/s1. The molecule has 3 aromatic rings. The van der Waals surface area contributed by atoms with Crippen LogP contribution in [0.25, 0.3) is 5.82 Å². The highest BCUT2D eigenvalue weighted by molar-refractivity contribution is 7.98. The Kier molecular flexibility index (Phi) is 6.41. The second kappa shape index (κ2) is 9.56. The molecule has 10 nitrogen and oxygen atoms in total. The zero-order valence-electron chi connectivity index (χ0n) is 16.9. The molecule has 2 aromatic heterocycles. The van der Waals surface area contributed by atoms with Crippen molar-refractivity contribution < 1.29 is 9.42 Å². The predicted molar refractivity (Wildman–Crippen MR) is 117 cm³/mol. The number of aryl methyl sites for hydroxylation is 1. The molecule has 31 heavy (non-hydrogen) atoms. The molecule has 3 N–H and O–H groups in total. The lowest BCUT2D eigenvalue weighted by Gasteiger charge is -2.11. The maximum absolute atomic E-state index is 12.8. The third kappa shape index (κ3) is 5.00. The minimum absolute atomic E-state index is 0.0572. The van der Waals surface area contributed by atoms with E-state index in [0.29, 0.717) is 17.4 Å². The Labute approximate surface area is 182 Å². The van der Waals surface area contributed by atoms with Crippen molar-refractivity contribution in [1.82, 2.24) is 30.7 Å². The van der Waals surface area contributed by atoms with Crippen LogP contribution in [0.5, 0.6) is 0 Å². The van der Waals surface area contributed by atoms with E-state index in [1.807, 2.05) is 31.2 Å². The van der Waals surface area contributed by atoms with Crippen molar-refractivity contribution in [1.29, 1.82) is 0 Å². The van der Waals surface area contributed by atoms with Gasteiger partial charge >= 0.3 is 0 Å². The van der Waals surface area contributed by atoms with Gasteiger partial charge in [0.05, 0.1) is 5.69 Å². The number of carbonyl (C=O) groups is 1. The fourth-order valence-corrected chi connectivity index (χ4v) is 4.00. The van der Waals surface area contributed by atoms with Crippen LogP contribution < -0.4 is 11.2 Å². The van der Waals surface area contributed by atoms with Crippen molar-refractivity contribution in [3.8, 4) is 5.82 Å². The molecule has 4 rings (SSSR count). The summed E-state index contributed by atoms with van der Waals surface area (Å²) >= 11 is 1.54. The van der Waals surface area contributed by atoms with E-state index in [4.69, 9.17) is 5.73 Å². The van der Waals surface area contributed by atoms with E-state index in [1.165, 1.54) is 22.0 Å². The minimum Gasteiger partial charge on any atom is -0.378 e. The van der Waals surface area contributed by atoms with Crippen LogP contribution in [0.2, 0.25) is 0 Å². The number of thioether (sulfide) groups is 1. The van der Waals surface area contributed by atoms with E-state index in [0.717, 1.165) is 24.2 Å². The second-order valence-electron chi connectivity index (χ2n) is 7.13. The number of allylic oxidation sites excluding steroid dienone is 2. The summed E-state index contributed by atoms with van der Waals surface area (Å²) in [6.07, 6.45) is 9.02. The number of nitrogens with two attached hydrogens (primary N) is 1. The van der Waals surface area contributed by atoms with Gasteiger partial charge in [-0.05, 0) is 54.6 Å². The summed E-state index contributed by atoms with van der Waals surface area (Å²) < 4.78 is 6.06. The van der Waals surface area contributed by atoms with Crippen LogP contribution in [0, 0.1) is 12.8 Å². The van der Waals surface area contributed by atoms with Crippen molar-refractivity contribution in [2.24, 2.45) is 11.0 Å². The summed E-state index contributed by atoms with van der Waals surface area (Å²) in [5, 5.41) is 19.6. The number of amides is 1. The van der Waals surface area contributed by atoms with E-state index >= 15 is 0 Å². The van der Waals surface area contributed by atoms with E-state index in [1.54, 1.807) is 6.21 Å². The largest absolute Gasteiger partial charge is 0.378 e. The molecule has 0 aliphatic heterocycles. The van der Waals surface area contributed by atoms with Crippen LogP contribution >= 0.6 is 11.8 Å². The third-order valence-corrected chi connectivity index (χ3v) is 5.86. The molecular formula is C20H22N8O2S. The van der Waals surface area contributed by atoms with E-state index < -0.39 is 5.91 Å². The molecule has 0 saturated heterocycles. The van der Waals surface area contributed by atoms with Crippen LogP contribution in [0.15, 0.2) is 51.0 Å². The quantitative estimate of drug-likeness (QED) is 0.249. The molecular weight excluding hydrogens is 416 g/mol. The molecule has 1 aromatic carbocycles. The fourth-order valence-electron chi connectivity index (χ4n) is 3.11. The number of nitrogen functional groups attached to an aromatic ring is 1. The fraction of sp³-hybridized carbons (Fsp3) is 0.300. The van der Waals surface area contributed by atoms with Crippen LogP contribution in [0.3, 0.4) is 0 Å². The molecule has 1 atom stereocenters. The molecule has 11 heteroatoms. The topological polar surface area (TPSA) is 137 Å². The minimum atomic E-state index is -0.455. The average molecular weight is 439 g/mol. The molecule has 0 radical (unpaired) electrons. The molecule has 1 aliphatic rings. The molecule has 0 bridgehead atoms. The van der Waals surface area contributed by atoms with Gasteiger partial charge in [-0.25, -0.2) is 10.1 Å². The first-order chi connectivity index (χ1) is 15.1. The highest BCUT2D eigenvalue weighted by Crippen LogP contribution is 2.26. The highest BCUT2D eigenvalue weighted by atomic mass is 32.2. The molecule has 1 aliphatic carbocycles. The summed E-state index contributed by atoms with van der Waals surface area (Å²) in [5.41, 5.74) is 10.2. The van der Waals surface area contributed by atoms with Gasteiger partial charge in [-0.2, -0.15) is 9.78 Å². The van der Waals surface area contributed by atoms with Gasteiger partial charge in [0.15, 0.2) is 5.69 Å². The van der Waals surface area contributed by atoms with Crippen molar-refractivity contribution in [2.75, 3.05) is 5.73 Å². The summed E-state index contributed by atoms with van der Waals surface area (Å²) in [7, 11) is 0. The van der Waals surface area contributed by atoms with E-state index in [-0.39, 0.29) is 17.3 Å². The zero-order valence-corrected chi connectivity index (χ0v) is 17.7. The summed E-state index contributed by atoms with van der Waals surface area (Å²) in [6, 6.07) is 8.09. The monoisotopic (exact) mass is 438 g/mol. The normalized spacial score (nSPS) is 16.1. The van der Waals surface area contributed by atoms with E-state index in [9.17, 15) is 4.79 Å². The Balaban J connectivity index is 1.54. The van der Waals surface area contributed by atoms with Crippen LogP contribution in [0.4, 0.5) is 5.82 Å². The summed E-state index contributed by atoms with van der Waals surface area (Å²) in [6.45, 7) is 2.03. The smallest absolute Gasteiger partial charge is 0.293 e. The number of rotatable bonds is 7. The zero-order chi connectivity index (χ0) is 21.6. The van der Waals surface area contributed by atoms with Gasteiger partial charge in [-0.1, -0.05) is 35.1 Å². The molecule has 1 amide bonds. The number of nitrogens with zero attached hydrogens (tertiary/aromatic N) is 6. The number of hydrazone groups is 1. The highest BCUT2D eigenvalue weighted by Gasteiger charge is 2.24. The Morgan fingerprint density at radius 2 is 2.19 bits per heavy atom. The molecule has 0 spiro atoms. The maximum Gasteiger partial charge on any atom is 0.293 e.